The molecular weight excluding hydrogens is 240 g/mol. The van der Waals surface area contributed by atoms with Gasteiger partial charge in [0, 0.05) is 5.41 Å². The summed E-state index contributed by atoms with van der Waals surface area (Å²) in [6.45, 7) is 13.2. The van der Waals surface area contributed by atoms with Crippen molar-refractivity contribution in [2.75, 3.05) is 0 Å². The van der Waals surface area contributed by atoms with E-state index in [0.29, 0.717) is 5.92 Å². The minimum absolute atomic E-state index is 0.136. The Bertz CT molecular complexity index is 603. The number of benzene rings is 2. The number of fused-ring (bicyclic) bond motifs is 3. The van der Waals surface area contributed by atoms with Gasteiger partial charge in [0.2, 0.25) is 0 Å². The molecule has 0 fully saturated rings. The van der Waals surface area contributed by atoms with Crippen LogP contribution in [-0.2, 0) is 5.41 Å². The van der Waals surface area contributed by atoms with Gasteiger partial charge in [0.15, 0.2) is 0 Å². The molecular formula is C20H26. The van der Waals surface area contributed by atoms with Crippen LogP contribution in [0.25, 0.3) is 11.1 Å². The van der Waals surface area contributed by atoms with E-state index in [1.165, 1.54) is 27.8 Å². The van der Waals surface area contributed by atoms with Crippen molar-refractivity contribution in [2.24, 2.45) is 0 Å². The van der Waals surface area contributed by atoms with Crippen molar-refractivity contribution in [2.45, 2.75) is 52.9 Å². The Labute approximate surface area is 123 Å². The number of rotatable bonds is 1. The molecule has 0 saturated heterocycles. The molecule has 0 nitrogen and oxygen atoms in total. The van der Waals surface area contributed by atoms with Crippen LogP contribution in [0.1, 0.15) is 64.2 Å². The van der Waals surface area contributed by atoms with Crippen molar-refractivity contribution >= 4 is 0 Å². The topological polar surface area (TPSA) is 0 Å². The average Bonchev–Trinajstić information content (AvgIpc) is 2.70. The standard InChI is InChI=1S/C18H20.C2H6/c1-12(2)13-9-7-11-16-17(13)14-8-5-6-10-15(14)18(16,3)4;1-2/h5-12H,1-4H3;1-2H3. The molecule has 1 aliphatic rings. The molecule has 0 N–H and O–H groups in total. The Kier molecular flexibility index (Phi) is 4.04. The van der Waals surface area contributed by atoms with Gasteiger partial charge in [-0.3, -0.25) is 0 Å². The molecule has 3 rings (SSSR count). The predicted molar refractivity (Wildman–Crippen MR) is 89.4 cm³/mol. The zero-order valence-corrected chi connectivity index (χ0v) is 13.6. The summed E-state index contributed by atoms with van der Waals surface area (Å²) in [4.78, 5) is 0. The van der Waals surface area contributed by atoms with Crippen LogP contribution in [0.2, 0.25) is 0 Å². The van der Waals surface area contributed by atoms with Crippen LogP contribution in [0.4, 0.5) is 0 Å². The number of hydrogen-bond donors (Lipinski definition) is 0. The summed E-state index contributed by atoms with van der Waals surface area (Å²) in [5.74, 6) is 0.571. The van der Waals surface area contributed by atoms with Crippen LogP contribution in [0, 0.1) is 0 Å². The molecule has 0 saturated carbocycles. The average molecular weight is 266 g/mol. The number of hydrogen-bond acceptors (Lipinski definition) is 0. The highest BCUT2D eigenvalue weighted by Crippen LogP contribution is 2.50. The summed E-state index contributed by atoms with van der Waals surface area (Å²) in [5, 5.41) is 0. The lowest BCUT2D eigenvalue weighted by Crippen LogP contribution is -2.14. The highest BCUT2D eigenvalue weighted by molar-refractivity contribution is 5.83. The molecule has 0 aromatic heterocycles. The summed E-state index contributed by atoms with van der Waals surface area (Å²) >= 11 is 0. The maximum Gasteiger partial charge on any atom is 0.0158 e. The molecule has 2 aromatic carbocycles. The third-order valence-electron chi connectivity index (χ3n) is 4.26. The van der Waals surface area contributed by atoms with E-state index in [-0.39, 0.29) is 5.41 Å². The summed E-state index contributed by atoms with van der Waals surface area (Å²) in [6, 6.07) is 15.6. The molecule has 0 unspecified atom stereocenters. The molecule has 0 bridgehead atoms. The molecule has 1 aliphatic carbocycles. The van der Waals surface area contributed by atoms with Crippen LogP contribution < -0.4 is 0 Å². The van der Waals surface area contributed by atoms with Crippen molar-refractivity contribution in [3.05, 3.63) is 59.2 Å². The fourth-order valence-electron chi connectivity index (χ4n) is 3.26. The molecule has 0 spiro atoms. The van der Waals surface area contributed by atoms with Crippen molar-refractivity contribution in [1.29, 1.82) is 0 Å². The lowest BCUT2D eigenvalue weighted by Gasteiger charge is -2.21. The first-order chi connectivity index (χ1) is 9.53. The fourth-order valence-corrected chi connectivity index (χ4v) is 3.26. The second-order valence-corrected chi connectivity index (χ2v) is 6.10. The van der Waals surface area contributed by atoms with E-state index in [9.17, 15) is 0 Å². The van der Waals surface area contributed by atoms with E-state index >= 15 is 0 Å². The highest BCUT2D eigenvalue weighted by atomic mass is 14.4. The molecule has 0 amide bonds. The second kappa shape index (κ2) is 5.44. The quantitative estimate of drug-likeness (QED) is 0.581. The summed E-state index contributed by atoms with van der Waals surface area (Å²) in [5.41, 5.74) is 7.47. The molecule has 106 valence electrons. The van der Waals surface area contributed by atoms with Gasteiger partial charge in [-0.05, 0) is 33.7 Å². The maximum atomic E-state index is 2.34. The largest absolute Gasteiger partial charge is 0.0683 e. The Morgan fingerprint density at radius 1 is 0.800 bits per heavy atom. The van der Waals surface area contributed by atoms with E-state index in [1.807, 2.05) is 13.8 Å². The lowest BCUT2D eigenvalue weighted by atomic mass is 9.82. The highest BCUT2D eigenvalue weighted by Gasteiger charge is 2.36. The zero-order valence-electron chi connectivity index (χ0n) is 13.6. The Morgan fingerprint density at radius 3 is 2.05 bits per heavy atom. The van der Waals surface area contributed by atoms with Crippen molar-refractivity contribution in [3.8, 4) is 11.1 Å². The summed E-state index contributed by atoms with van der Waals surface area (Å²) in [7, 11) is 0. The zero-order chi connectivity index (χ0) is 14.9. The van der Waals surface area contributed by atoms with Crippen molar-refractivity contribution in [3.63, 3.8) is 0 Å². The fraction of sp³-hybridized carbons (Fsp3) is 0.400. The van der Waals surface area contributed by atoms with Gasteiger partial charge in [-0.2, -0.15) is 0 Å². The first-order valence-corrected chi connectivity index (χ1v) is 7.76. The molecule has 0 heterocycles. The van der Waals surface area contributed by atoms with E-state index in [0.717, 1.165) is 0 Å². The first kappa shape index (κ1) is 14.8. The Morgan fingerprint density at radius 2 is 1.40 bits per heavy atom. The van der Waals surface area contributed by atoms with E-state index in [4.69, 9.17) is 0 Å². The van der Waals surface area contributed by atoms with Gasteiger partial charge in [-0.15, -0.1) is 0 Å². The minimum Gasteiger partial charge on any atom is -0.0683 e. The van der Waals surface area contributed by atoms with E-state index in [2.05, 4.69) is 70.2 Å². The molecule has 0 aliphatic heterocycles. The van der Waals surface area contributed by atoms with Crippen LogP contribution in [0.3, 0.4) is 0 Å². The molecule has 0 radical (unpaired) electrons. The molecule has 0 atom stereocenters. The van der Waals surface area contributed by atoms with Gasteiger partial charge < -0.3 is 0 Å². The van der Waals surface area contributed by atoms with Gasteiger partial charge in [0.25, 0.3) is 0 Å². The van der Waals surface area contributed by atoms with Gasteiger partial charge in [0.1, 0.15) is 0 Å². The van der Waals surface area contributed by atoms with Gasteiger partial charge in [-0.25, -0.2) is 0 Å². The molecule has 20 heavy (non-hydrogen) atoms. The van der Waals surface area contributed by atoms with Gasteiger partial charge in [-0.1, -0.05) is 84.0 Å². The Balaban J connectivity index is 0.000000704. The third kappa shape index (κ3) is 2.08. The molecule has 0 heteroatoms. The maximum absolute atomic E-state index is 2.34. The Hall–Kier alpha value is -1.56. The van der Waals surface area contributed by atoms with E-state index in [1.54, 1.807) is 0 Å². The predicted octanol–water partition coefficient (Wildman–Crippen LogP) is 6.14. The normalized spacial score (nSPS) is 14.3. The van der Waals surface area contributed by atoms with E-state index < -0.39 is 0 Å². The van der Waals surface area contributed by atoms with Crippen molar-refractivity contribution < 1.29 is 0 Å². The van der Waals surface area contributed by atoms with Crippen LogP contribution in [-0.4, -0.2) is 0 Å². The van der Waals surface area contributed by atoms with Crippen LogP contribution in [0.15, 0.2) is 42.5 Å². The van der Waals surface area contributed by atoms with Crippen LogP contribution in [0.5, 0.6) is 0 Å². The summed E-state index contributed by atoms with van der Waals surface area (Å²) < 4.78 is 0. The van der Waals surface area contributed by atoms with Gasteiger partial charge >= 0.3 is 0 Å². The monoisotopic (exact) mass is 266 g/mol. The first-order valence-electron chi connectivity index (χ1n) is 7.76. The SMILES string of the molecule is CC.CC(C)c1cccc2c1-c1ccccc1C2(C)C. The smallest absolute Gasteiger partial charge is 0.0158 e. The summed E-state index contributed by atoms with van der Waals surface area (Å²) in [6.07, 6.45) is 0. The molecule has 2 aromatic rings. The third-order valence-corrected chi connectivity index (χ3v) is 4.26. The van der Waals surface area contributed by atoms with Crippen molar-refractivity contribution in [1.82, 2.24) is 0 Å². The van der Waals surface area contributed by atoms with Crippen LogP contribution >= 0.6 is 0 Å². The lowest BCUT2D eigenvalue weighted by molar-refractivity contribution is 0.659. The van der Waals surface area contributed by atoms with Gasteiger partial charge in [0.05, 0.1) is 0 Å². The second-order valence-electron chi connectivity index (χ2n) is 6.10. The minimum atomic E-state index is 0.136.